The first kappa shape index (κ1) is 15.2. The Balaban J connectivity index is 2.61. The highest BCUT2D eigenvalue weighted by Gasteiger charge is 2.50. The Hall–Kier alpha value is -0.870. The molecular weight excluding hydrogens is 232 g/mol. The molecule has 0 radical (unpaired) electrons. The molecule has 4 atom stereocenters. The first-order valence-corrected chi connectivity index (χ1v) is 6.47. The first-order chi connectivity index (χ1) is 8.30. The maximum atomic E-state index is 11.5. The summed E-state index contributed by atoms with van der Waals surface area (Å²) in [6.45, 7) is 7.56. The van der Waals surface area contributed by atoms with Crippen LogP contribution in [0.2, 0.25) is 0 Å². The van der Waals surface area contributed by atoms with Crippen molar-refractivity contribution in [1.29, 1.82) is 0 Å². The highest BCUT2D eigenvalue weighted by Crippen LogP contribution is 2.37. The number of cyclic esters (lactones) is 1. The minimum Gasteiger partial charge on any atom is -0.456 e. The van der Waals surface area contributed by atoms with E-state index >= 15 is 0 Å². The van der Waals surface area contributed by atoms with Gasteiger partial charge in [-0.25, -0.2) is 0 Å². The Kier molecular flexibility index (Phi) is 4.93. The van der Waals surface area contributed by atoms with Gasteiger partial charge < -0.3 is 14.9 Å². The molecule has 1 fully saturated rings. The van der Waals surface area contributed by atoms with Gasteiger partial charge in [0, 0.05) is 0 Å². The molecule has 1 aliphatic rings. The third-order valence-corrected chi connectivity index (χ3v) is 3.67. The molecule has 1 saturated heterocycles. The van der Waals surface area contributed by atoms with Gasteiger partial charge in [0.1, 0.15) is 11.7 Å². The molecule has 4 heteroatoms. The van der Waals surface area contributed by atoms with Crippen LogP contribution in [0.1, 0.15) is 40.5 Å². The molecule has 104 valence electrons. The lowest BCUT2D eigenvalue weighted by Crippen LogP contribution is -2.39. The zero-order chi connectivity index (χ0) is 13.9. The van der Waals surface area contributed by atoms with Crippen LogP contribution in [0.25, 0.3) is 0 Å². The van der Waals surface area contributed by atoms with Gasteiger partial charge in [0.05, 0.1) is 12.5 Å². The number of esters is 1. The van der Waals surface area contributed by atoms with Crippen LogP contribution in [0.3, 0.4) is 0 Å². The van der Waals surface area contributed by atoms with Gasteiger partial charge in [0.2, 0.25) is 0 Å². The molecule has 0 aromatic heterocycles. The van der Waals surface area contributed by atoms with Gasteiger partial charge in [-0.1, -0.05) is 18.6 Å². The summed E-state index contributed by atoms with van der Waals surface area (Å²) in [5.41, 5.74) is 0.329. The van der Waals surface area contributed by atoms with E-state index in [4.69, 9.17) is 9.84 Å². The maximum absolute atomic E-state index is 11.5. The van der Waals surface area contributed by atoms with Crippen molar-refractivity contribution >= 4 is 5.97 Å². The van der Waals surface area contributed by atoms with Crippen LogP contribution in [-0.2, 0) is 9.53 Å². The molecule has 0 spiro atoms. The molecular formula is C14H24O4. The fourth-order valence-electron chi connectivity index (χ4n) is 2.76. The quantitative estimate of drug-likeness (QED) is 0.580. The van der Waals surface area contributed by atoms with Crippen LogP contribution in [0.15, 0.2) is 11.6 Å². The Morgan fingerprint density at radius 1 is 1.61 bits per heavy atom. The van der Waals surface area contributed by atoms with E-state index in [-0.39, 0.29) is 18.5 Å². The van der Waals surface area contributed by atoms with Crippen LogP contribution >= 0.6 is 0 Å². The number of aliphatic hydroxyl groups excluding tert-OH is 2. The Labute approximate surface area is 109 Å². The maximum Gasteiger partial charge on any atom is 0.312 e. The first-order valence-electron chi connectivity index (χ1n) is 6.47. The second-order valence-corrected chi connectivity index (χ2v) is 5.71. The number of rotatable bonds is 5. The molecule has 4 nitrogen and oxygen atoms in total. The number of aliphatic hydroxyl groups is 2. The number of allylic oxidation sites excluding steroid dienone is 1. The normalized spacial score (nSPS) is 34.6. The van der Waals surface area contributed by atoms with E-state index in [2.05, 4.69) is 6.92 Å². The van der Waals surface area contributed by atoms with Gasteiger partial charge in [-0.2, -0.15) is 0 Å². The van der Waals surface area contributed by atoms with Crippen LogP contribution in [0.4, 0.5) is 0 Å². The summed E-state index contributed by atoms with van der Waals surface area (Å²) < 4.78 is 5.33. The van der Waals surface area contributed by atoms with Crippen molar-refractivity contribution in [2.75, 3.05) is 6.61 Å². The SMILES string of the molecule is C/C(=C\CO)C[C@H](C)C[C@]1(C)OC(=O)[C@H](C)[C@@H]1O. The number of carbonyl (C=O) groups is 1. The van der Waals surface area contributed by atoms with Gasteiger partial charge in [-0.3, -0.25) is 4.79 Å². The Bertz CT molecular complexity index is 337. The van der Waals surface area contributed by atoms with Crippen molar-refractivity contribution in [2.24, 2.45) is 11.8 Å². The van der Waals surface area contributed by atoms with Crippen molar-refractivity contribution in [3.8, 4) is 0 Å². The Morgan fingerprint density at radius 3 is 2.67 bits per heavy atom. The van der Waals surface area contributed by atoms with E-state index in [9.17, 15) is 9.90 Å². The predicted molar refractivity (Wildman–Crippen MR) is 68.9 cm³/mol. The minimum absolute atomic E-state index is 0.0461. The zero-order valence-corrected chi connectivity index (χ0v) is 11.6. The molecule has 0 saturated carbocycles. The van der Waals surface area contributed by atoms with E-state index < -0.39 is 17.6 Å². The molecule has 0 aromatic rings. The monoisotopic (exact) mass is 256 g/mol. The lowest BCUT2D eigenvalue weighted by Gasteiger charge is -2.30. The molecule has 0 bridgehead atoms. The Morgan fingerprint density at radius 2 is 2.22 bits per heavy atom. The molecule has 1 heterocycles. The third-order valence-electron chi connectivity index (χ3n) is 3.67. The highest BCUT2D eigenvalue weighted by molar-refractivity contribution is 5.76. The van der Waals surface area contributed by atoms with Crippen molar-refractivity contribution in [3.63, 3.8) is 0 Å². The van der Waals surface area contributed by atoms with Crippen LogP contribution < -0.4 is 0 Å². The van der Waals surface area contributed by atoms with Crippen molar-refractivity contribution < 1.29 is 19.7 Å². The lowest BCUT2D eigenvalue weighted by molar-refractivity contribution is -0.151. The molecule has 0 aliphatic carbocycles. The van der Waals surface area contributed by atoms with Gasteiger partial charge in [0.25, 0.3) is 0 Å². The summed E-state index contributed by atoms with van der Waals surface area (Å²) in [5.74, 6) is -0.485. The fraction of sp³-hybridized carbons (Fsp3) is 0.786. The third kappa shape index (κ3) is 3.33. The second kappa shape index (κ2) is 5.85. The van der Waals surface area contributed by atoms with Gasteiger partial charge in [-0.15, -0.1) is 0 Å². The fourth-order valence-corrected chi connectivity index (χ4v) is 2.76. The lowest BCUT2D eigenvalue weighted by atomic mass is 9.83. The average molecular weight is 256 g/mol. The smallest absolute Gasteiger partial charge is 0.312 e. The van der Waals surface area contributed by atoms with Crippen LogP contribution in [0.5, 0.6) is 0 Å². The molecule has 0 unspecified atom stereocenters. The minimum atomic E-state index is -0.782. The topological polar surface area (TPSA) is 66.8 Å². The molecule has 2 N–H and O–H groups in total. The standard InChI is InChI=1S/C14H24O4/c1-9(5-6-15)7-10(2)8-14(4)12(16)11(3)13(17)18-14/h5,10-12,15-16H,6-8H2,1-4H3/b9-5+/t10-,11+,12-,14-/m0/s1. The van der Waals surface area contributed by atoms with E-state index in [1.807, 2.05) is 6.92 Å². The summed E-state index contributed by atoms with van der Waals surface area (Å²) in [5, 5.41) is 18.9. The predicted octanol–water partition coefficient (Wildman–Crippen LogP) is 1.65. The second-order valence-electron chi connectivity index (χ2n) is 5.71. The summed E-state index contributed by atoms with van der Waals surface area (Å²) in [4.78, 5) is 11.5. The van der Waals surface area contributed by atoms with E-state index in [1.165, 1.54) is 0 Å². The average Bonchev–Trinajstić information content (AvgIpc) is 2.42. The van der Waals surface area contributed by atoms with Crippen molar-refractivity contribution in [2.45, 2.75) is 52.2 Å². The van der Waals surface area contributed by atoms with E-state index in [1.54, 1.807) is 19.9 Å². The summed E-state index contributed by atoms with van der Waals surface area (Å²) in [6, 6.07) is 0. The molecule has 0 amide bonds. The van der Waals surface area contributed by atoms with E-state index in [0.29, 0.717) is 6.42 Å². The number of hydrogen-bond acceptors (Lipinski definition) is 4. The molecule has 0 aromatic carbocycles. The van der Waals surface area contributed by atoms with Gasteiger partial charge >= 0.3 is 5.97 Å². The summed E-state index contributed by atoms with van der Waals surface area (Å²) in [6.07, 6.45) is 2.49. The van der Waals surface area contributed by atoms with Gasteiger partial charge in [0.15, 0.2) is 0 Å². The van der Waals surface area contributed by atoms with Gasteiger partial charge in [-0.05, 0) is 39.5 Å². The summed E-state index contributed by atoms with van der Waals surface area (Å²) in [7, 11) is 0. The van der Waals surface area contributed by atoms with Crippen LogP contribution in [0, 0.1) is 11.8 Å². The van der Waals surface area contributed by atoms with Crippen molar-refractivity contribution in [3.05, 3.63) is 11.6 Å². The highest BCUT2D eigenvalue weighted by atomic mass is 16.6. The number of carbonyl (C=O) groups excluding carboxylic acids is 1. The molecule has 1 aliphatic heterocycles. The van der Waals surface area contributed by atoms with E-state index in [0.717, 1.165) is 12.0 Å². The summed E-state index contributed by atoms with van der Waals surface area (Å²) >= 11 is 0. The van der Waals surface area contributed by atoms with Crippen molar-refractivity contribution in [1.82, 2.24) is 0 Å². The number of hydrogen-bond donors (Lipinski definition) is 2. The molecule has 18 heavy (non-hydrogen) atoms. The van der Waals surface area contributed by atoms with Crippen LogP contribution in [-0.4, -0.2) is 34.5 Å². The number of ether oxygens (including phenoxy) is 1. The largest absolute Gasteiger partial charge is 0.456 e. The molecule has 1 rings (SSSR count). The zero-order valence-electron chi connectivity index (χ0n) is 11.6.